The number of hydrogen-bond donors (Lipinski definition) is 4. The highest BCUT2D eigenvalue weighted by Gasteiger charge is 2.37. The fourth-order valence-corrected chi connectivity index (χ4v) is 3.27. The third kappa shape index (κ3) is 4.46. The molecule has 11 heteroatoms. The molecular formula is C18H24BN3O7. The Morgan fingerprint density at radius 1 is 1.34 bits per heavy atom. The van der Waals surface area contributed by atoms with Crippen LogP contribution in [0.25, 0.3) is 0 Å². The molecule has 1 fully saturated rings. The number of rotatable bonds is 6. The number of carbonyl (C=O) groups excluding carboxylic acids is 2. The van der Waals surface area contributed by atoms with E-state index < -0.39 is 31.1 Å². The monoisotopic (exact) mass is 405 g/mol. The Morgan fingerprint density at radius 3 is 2.66 bits per heavy atom. The highest BCUT2D eigenvalue weighted by Crippen LogP contribution is 2.37. The lowest BCUT2D eigenvalue weighted by molar-refractivity contribution is -0.143. The Hall–Kier alpha value is -2.79. The summed E-state index contributed by atoms with van der Waals surface area (Å²) in [6.07, 6.45) is 0.511. The molecule has 156 valence electrons. The maximum Gasteiger partial charge on any atom is 0.522 e. The van der Waals surface area contributed by atoms with Gasteiger partial charge < -0.3 is 35.5 Å². The standard InChI is InChI=1S/C18H24BN3O7/c1-9(20)16(23)21-10(2)17(24)22-7-12(8-22)28-13-4-3-11-5-6-19(27)29-15(11)14(13)18(25)26/h3-4,9-10,12,27H,5-8,20H2,1-2H3,(H,21,23)(H,25,26)/t9-,10-/m1/s1. The molecular weight excluding hydrogens is 381 g/mol. The van der Waals surface area contributed by atoms with Crippen LogP contribution < -0.4 is 20.4 Å². The van der Waals surface area contributed by atoms with Gasteiger partial charge in [0.25, 0.3) is 0 Å². The van der Waals surface area contributed by atoms with E-state index in [2.05, 4.69) is 5.32 Å². The highest BCUT2D eigenvalue weighted by molar-refractivity contribution is 6.44. The van der Waals surface area contributed by atoms with Crippen LogP contribution in [0.2, 0.25) is 6.32 Å². The minimum absolute atomic E-state index is 0.119. The molecule has 2 amide bonds. The largest absolute Gasteiger partial charge is 0.535 e. The number of likely N-dealkylation sites (tertiary alicyclic amines) is 1. The zero-order valence-electron chi connectivity index (χ0n) is 16.3. The minimum atomic E-state index is -1.22. The van der Waals surface area contributed by atoms with Crippen molar-refractivity contribution in [2.45, 2.75) is 44.8 Å². The van der Waals surface area contributed by atoms with Gasteiger partial charge in [-0.2, -0.15) is 0 Å². The number of amides is 2. The first-order valence-electron chi connectivity index (χ1n) is 9.42. The van der Waals surface area contributed by atoms with Crippen LogP contribution >= 0.6 is 0 Å². The summed E-state index contributed by atoms with van der Waals surface area (Å²) in [4.78, 5) is 37.2. The Labute approximate surface area is 168 Å². The van der Waals surface area contributed by atoms with Gasteiger partial charge in [0.15, 0.2) is 0 Å². The first-order valence-corrected chi connectivity index (χ1v) is 9.42. The van der Waals surface area contributed by atoms with E-state index in [1.165, 1.54) is 11.8 Å². The van der Waals surface area contributed by atoms with Crippen LogP contribution in [-0.4, -0.2) is 71.2 Å². The second-order valence-electron chi connectivity index (χ2n) is 7.35. The number of benzene rings is 1. The summed E-state index contributed by atoms with van der Waals surface area (Å²) in [7, 11) is -1.05. The molecule has 0 aromatic heterocycles. The number of carboxylic acid groups (broad SMARTS) is 1. The minimum Gasteiger partial charge on any atom is -0.535 e. The quantitative estimate of drug-likeness (QED) is 0.451. The van der Waals surface area contributed by atoms with E-state index in [9.17, 15) is 24.5 Å². The van der Waals surface area contributed by atoms with E-state index in [-0.39, 0.29) is 42.2 Å². The molecule has 5 N–H and O–H groups in total. The van der Waals surface area contributed by atoms with Crippen LogP contribution in [0.4, 0.5) is 0 Å². The van der Waals surface area contributed by atoms with Crippen LogP contribution in [0.15, 0.2) is 12.1 Å². The summed E-state index contributed by atoms with van der Waals surface area (Å²) >= 11 is 0. The van der Waals surface area contributed by atoms with Crippen molar-refractivity contribution < 1.29 is 33.9 Å². The van der Waals surface area contributed by atoms with Crippen LogP contribution in [-0.2, 0) is 16.0 Å². The highest BCUT2D eigenvalue weighted by atomic mass is 16.5. The summed E-state index contributed by atoms with van der Waals surface area (Å²) in [6.45, 7) is 3.63. The molecule has 0 aliphatic carbocycles. The second kappa shape index (κ2) is 8.30. The molecule has 0 radical (unpaired) electrons. The average molecular weight is 405 g/mol. The number of ether oxygens (including phenoxy) is 1. The number of fused-ring (bicyclic) bond motifs is 1. The molecule has 0 bridgehead atoms. The Morgan fingerprint density at radius 2 is 2.03 bits per heavy atom. The first kappa shape index (κ1) is 20.9. The fourth-order valence-electron chi connectivity index (χ4n) is 3.27. The second-order valence-corrected chi connectivity index (χ2v) is 7.35. The zero-order valence-corrected chi connectivity index (χ0v) is 16.3. The van der Waals surface area contributed by atoms with Crippen molar-refractivity contribution in [2.24, 2.45) is 5.73 Å². The summed E-state index contributed by atoms with van der Waals surface area (Å²) < 4.78 is 11.1. The van der Waals surface area contributed by atoms with Gasteiger partial charge in [-0.25, -0.2) is 4.79 Å². The number of aryl methyl sites for hydroxylation is 1. The smallest absolute Gasteiger partial charge is 0.522 e. The van der Waals surface area contributed by atoms with Crippen molar-refractivity contribution >= 4 is 24.9 Å². The van der Waals surface area contributed by atoms with E-state index >= 15 is 0 Å². The van der Waals surface area contributed by atoms with Gasteiger partial charge in [0.1, 0.15) is 29.2 Å². The van der Waals surface area contributed by atoms with Crippen molar-refractivity contribution in [2.75, 3.05) is 13.1 Å². The predicted molar refractivity (Wildman–Crippen MR) is 103 cm³/mol. The number of carboxylic acids is 1. The predicted octanol–water partition coefficient (Wildman–Crippen LogP) is -0.758. The number of carbonyl (C=O) groups is 3. The van der Waals surface area contributed by atoms with Gasteiger partial charge in [0, 0.05) is 0 Å². The first-order chi connectivity index (χ1) is 13.7. The molecule has 0 spiro atoms. The number of nitrogens with two attached hydrogens (primary N) is 1. The lowest BCUT2D eigenvalue weighted by atomic mass is 9.78. The topological polar surface area (TPSA) is 151 Å². The zero-order chi connectivity index (χ0) is 21.3. The molecule has 2 aliphatic rings. The van der Waals surface area contributed by atoms with Crippen LogP contribution in [0.5, 0.6) is 11.5 Å². The number of aromatic carboxylic acids is 1. The summed E-state index contributed by atoms with van der Waals surface area (Å²) in [5.41, 5.74) is 6.04. The van der Waals surface area contributed by atoms with E-state index in [1.54, 1.807) is 19.1 Å². The van der Waals surface area contributed by atoms with E-state index in [0.717, 1.165) is 0 Å². The van der Waals surface area contributed by atoms with Crippen LogP contribution in [0.3, 0.4) is 0 Å². The van der Waals surface area contributed by atoms with Gasteiger partial charge in [-0.1, -0.05) is 6.07 Å². The lowest BCUT2D eigenvalue weighted by Crippen LogP contribution is -2.61. The fraction of sp³-hybridized carbons (Fsp3) is 0.500. The molecule has 1 saturated heterocycles. The molecule has 10 nitrogen and oxygen atoms in total. The molecule has 2 aliphatic heterocycles. The molecule has 3 rings (SSSR count). The lowest BCUT2D eigenvalue weighted by Gasteiger charge is -2.40. The van der Waals surface area contributed by atoms with Crippen molar-refractivity contribution in [3.63, 3.8) is 0 Å². The van der Waals surface area contributed by atoms with E-state index in [4.69, 9.17) is 15.1 Å². The molecule has 2 atom stereocenters. The van der Waals surface area contributed by atoms with Gasteiger partial charge in [-0.15, -0.1) is 0 Å². The third-order valence-electron chi connectivity index (χ3n) is 4.93. The molecule has 0 unspecified atom stereocenters. The molecule has 0 saturated carbocycles. The average Bonchev–Trinajstić information content (AvgIpc) is 2.62. The summed E-state index contributed by atoms with van der Waals surface area (Å²) in [5, 5.41) is 21.8. The van der Waals surface area contributed by atoms with Gasteiger partial charge in [-0.05, 0) is 38.2 Å². The molecule has 29 heavy (non-hydrogen) atoms. The molecule has 1 aromatic rings. The van der Waals surface area contributed by atoms with Crippen molar-refractivity contribution in [1.29, 1.82) is 0 Å². The molecule has 2 heterocycles. The van der Waals surface area contributed by atoms with E-state index in [1.807, 2.05) is 0 Å². The molecule has 1 aromatic carbocycles. The van der Waals surface area contributed by atoms with Crippen LogP contribution in [0.1, 0.15) is 29.8 Å². The number of nitrogens with one attached hydrogen (secondary N) is 1. The van der Waals surface area contributed by atoms with Gasteiger partial charge >= 0.3 is 13.1 Å². The van der Waals surface area contributed by atoms with Gasteiger partial charge in [-0.3, -0.25) is 9.59 Å². The Balaban J connectivity index is 1.63. The summed E-state index contributed by atoms with van der Waals surface area (Å²) in [5.74, 6) is -1.66. The third-order valence-corrected chi connectivity index (χ3v) is 4.93. The number of hydrogen-bond acceptors (Lipinski definition) is 7. The maximum absolute atomic E-state index is 12.4. The normalized spacial score (nSPS) is 18.1. The summed E-state index contributed by atoms with van der Waals surface area (Å²) in [6, 6.07) is 1.86. The van der Waals surface area contributed by atoms with Crippen molar-refractivity contribution in [3.8, 4) is 11.5 Å². The van der Waals surface area contributed by atoms with Gasteiger partial charge in [0.2, 0.25) is 11.8 Å². The maximum atomic E-state index is 12.4. The Bertz CT molecular complexity index is 826. The van der Waals surface area contributed by atoms with Crippen LogP contribution in [0, 0.1) is 0 Å². The van der Waals surface area contributed by atoms with Crippen molar-refractivity contribution in [3.05, 3.63) is 23.3 Å². The SMILES string of the molecule is C[C@@H](N)C(=O)N[C@H](C)C(=O)N1CC(Oc2ccc3c(c2C(=O)O)OB(O)CC3)C1. The van der Waals surface area contributed by atoms with Gasteiger partial charge in [0.05, 0.1) is 19.1 Å². The van der Waals surface area contributed by atoms with E-state index in [0.29, 0.717) is 18.3 Å². The Kier molecular flexibility index (Phi) is 5.99. The number of nitrogens with zero attached hydrogens (tertiary/aromatic N) is 1. The van der Waals surface area contributed by atoms with Crippen molar-refractivity contribution in [1.82, 2.24) is 10.2 Å².